The van der Waals surface area contributed by atoms with E-state index in [9.17, 15) is 19.5 Å². The molecule has 2 fully saturated rings. The number of nitrogens with zero attached hydrogens (tertiary/aromatic N) is 2. The van der Waals surface area contributed by atoms with Crippen molar-refractivity contribution in [3.8, 4) is 0 Å². The van der Waals surface area contributed by atoms with Gasteiger partial charge in [-0.15, -0.1) is 0 Å². The van der Waals surface area contributed by atoms with Crippen LogP contribution in [0.2, 0.25) is 0 Å². The molecular formula is C32H42N2O6. The molecule has 4 heterocycles. The number of benzene rings is 1. The average Bonchev–Trinajstić information content (AvgIpc) is 3.29. The van der Waals surface area contributed by atoms with Crippen LogP contribution in [-0.4, -0.2) is 71.3 Å². The number of amides is 2. The van der Waals surface area contributed by atoms with Crippen molar-refractivity contribution in [2.45, 2.75) is 83.0 Å². The molecule has 216 valence electrons. The van der Waals surface area contributed by atoms with Crippen molar-refractivity contribution >= 4 is 23.5 Å². The SMILES string of the molecule is CC[C@]12/C=C\CCCCOC(=O)[C@H]1[C@H]1C(=O)N(CCCCCO)C3C(=O)N(c4c(C)cccc4C)CC=C[C@@]31O2. The maximum atomic E-state index is 14.7. The zero-order valence-corrected chi connectivity index (χ0v) is 23.9. The molecule has 1 unspecified atom stereocenters. The molecule has 1 aromatic rings. The van der Waals surface area contributed by atoms with Crippen molar-refractivity contribution in [2.75, 3.05) is 31.2 Å². The predicted octanol–water partition coefficient (Wildman–Crippen LogP) is 4.01. The Kier molecular flexibility index (Phi) is 8.20. The quantitative estimate of drug-likeness (QED) is 0.313. The summed E-state index contributed by atoms with van der Waals surface area (Å²) < 4.78 is 12.8. The van der Waals surface area contributed by atoms with Gasteiger partial charge in [0.15, 0.2) is 0 Å². The fraction of sp³-hybridized carbons (Fsp3) is 0.594. The van der Waals surface area contributed by atoms with Gasteiger partial charge in [0.25, 0.3) is 5.91 Å². The second-order valence-corrected chi connectivity index (χ2v) is 11.6. The van der Waals surface area contributed by atoms with Crippen molar-refractivity contribution < 1.29 is 29.0 Å². The number of fused-ring (bicyclic) bond motifs is 2. The number of likely N-dealkylation sites (tertiary alicyclic amines) is 1. The van der Waals surface area contributed by atoms with Crippen molar-refractivity contribution in [3.63, 3.8) is 0 Å². The number of allylic oxidation sites excluding steroid dienone is 1. The Morgan fingerprint density at radius 1 is 0.975 bits per heavy atom. The highest BCUT2D eigenvalue weighted by Crippen LogP contribution is 2.58. The number of unbranched alkanes of at least 4 members (excludes halogenated alkanes) is 2. The molecule has 5 rings (SSSR count). The maximum absolute atomic E-state index is 14.7. The van der Waals surface area contributed by atoms with E-state index in [1.54, 1.807) is 9.80 Å². The Balaban J connectivity index is 1.64. The molecule has 0 aliphatic carbocycles. The molecule has 1 spiro atoms. The van der Waals surface area contributed by atoms with Gasteiger partial charge in [0.05, 0.1) is 12.5 Å². The number of para-hydroxylation sites is 1. The zero-order valence-electron chi connectivity index (χ0n) is 23.9. The van der Waals surface area contributed by atoms with Gasteiger partial charge >= 0.3 is 5.97 Å². The number of esters is 1. The Labute approximate surface area is 237 Å². The first-order valence-corrected chi connectivity index (χ1v) is 14.8. The Hall–Kier alpha value is -2.97. The van der Waals surface area contributed by atoms with Gasteiger partial charge in [-0.1, -0.05) is 49.4 Å². The molecule has 8 heteroatoms. The molecule has 0 bridgehead atoms. The molecule has 0 aromatic heterocycles. The van der Waals surface area contributed by atoms with Crippen molar-refractivity contribution in [1.82, 2.24) is 4.90 Å². The van der Waals surface area contributed by atoms with Crippen molar-refractivity contribution in [3.05, 3.63) is 53.6 Å². The fourth-order valence-electron chi connectivity index (χ4n) is 7.28. The molecule has 4 aliphatic rings. The minimum Gasteiger partial charge on any atom is -0.465 e. The van der Waals surface area contributed by atoms with E-state index in [1.807, 2.05) is 57.2 Å². The van der Waals surface area contributed by atoms with Gasteiger partial charge < -0.3 is 24.4 Å². The van der Waals surface area contributed by atoms with Crippen molar-refractivity contribution in [2.24, 2.45) is 11.8 Å². The molecule has 0 radical (unpaired) electrons. The number of anilines is 1. The molecule has 8 nitrogen and oxygen atoms in total. The van der Waals surface area contributed by atoms with E-state index < -0.39 is 35.0 Å². The summed E-state index contributed by atoms with van der Waals surface area (Å²) in [7, 11) is 0. The topological polar surface area (TPSA) is 96.4 Å². The first-order chi connectivity index (χ1) is 19.3. The highest BCUT2D eigenvalue weighted by atomic mass is 16.6. The standard InChI is InChI=1S/C32H42N2O6/c1-4-31-16-8-5-6-11-21-39-30(38)25(31)24-28(36)34(18-9-7-10-20-35)27-29(37)33(19-13-17-32(24,27)40-31)26-22(2)14-12-15-23(26)3/h8,12-17,24-25,27,35H,4-7,9-11,18-21H2,1-3H3/b16-8-/t24-,25+,27?,31-,32-/m0/s1. The molecule has 40 heavy (non-hydrogen) atoms. The first kappa shape index (κ1) is 28.6. The number of hydrogen-bond donors (Lipinski definition) is 1. The summed E-state index contributed by atoms with van der Waals surface area (Å²) in [6.07, 6.45) is 12.8. The van der Waals surface area contributed by atoms with Crippen LogP contribution in [0.1, 0.15) is 63.0 Å². The number of rotatable bonds is 7. The normalized spacial score (nSPS) is 32.8. The van der Waals surface area contributed by atoms with Crippen LogP contribution in [0.15, 0.2) is 42.5 Å². The zero-order chi connectivity index (χ0) is 28.5. The number of aryl methyl sites for hydroxylation is 2. The fourth-order valence-corrected chi connectivity index (χ4v) is 7.28. The third-order valence-corrected chi connectivity index (χ3v) is 9.15. The summed E-state index contributed by atoms with van der Waals surface area (Å²) in [5.74, 6) is -2.59. The van der Waals surface area contributed by atoms with E-state index in [2.05, 4.69) is 6.08 Å². The number of ether oxygens (including phenoxy) is 2. The molecule has 2 saturated heterocycles. The van der Waals surface area contributed by atoms with Crippen LogP contribution < -0.4 is 4.90 Å². The Bertz CT molecular complexity index is 1190. The van der Waals surface area contributed by atoms with E-state index in [1.165, 1.54) is 0 Å². The number of aliphatic hydroxyl groups is 1. The number of carbonyl (C=O) groups is 3. The van der Waals surface area contributed by atoms with E-state index in [0.717, 1.165) is 42.5 Å². The van der Waals surface area contributed by atoms with Crippen LogP contribution in [-0.2, 0) is 23.9 Å². The third-order valence-electron chi connectivity index (χ3n) is 9.15. The molecule has 4 aliphatic heterocycles. The first-order valence-electron chi connectivity index (χ1n) is 14.8. The highest BCUT2D eigenvalue weighted by Gasteiger charge is 2.75. The van der Waals surface area contributed by atoms with Crippen LogP contribution in [0.5, 0.6) is 0 Å². The number of hydrogen-bond acceptors (Lipinski definition) is 6. The smallest absolute Gasteiger partial charge is 0.313 e. The molecular weight excluding hydrogens is 508 g/mol. The molecule has 0 saturated carbocycles. The van der Waals surface area contributed by atoms with E-state index in [0.29, 0.717) is 39.0 Å². The van der Waals surface area contributed by atoms with Crippen molar-refractivity contribution in [1.29, 1.82) is 0 Å². The summed E-state index contributed by atoms with van der Waals surface area (Å²) in [4.78, 5) is 46.2. The Morgan fingerprint density at radius 2 is 1.75 bits per heavy atom. The summed E-state index contributed by atoms with van der Waals surface area (Å²) in [5.41, 5.74) is 0.451. The largest absolute Gasteiger partial charge is 0.465 e. The minimum absolute atomic E-state index is 0.0777. The highest BCUT2D eigenvalue weighted by molar-refractivity contribution is 6.06. The monoisotopic (exact) mass is 550 g/mol. The number of cyclic esters (lactones) is 1. The van der Waals surface area contributed by atoms with Crippen LogP contribution in [0.4, 0.5) is 5.69 Å². The van der Waals surface area contributed by atoms with Crippen LogP contribution in [0, 0.1) is 25.7 Å². The number of aliphatic hydroxyl groups excluding tert-OH is 1. The van der Waals surface area contributed by atoms with Crippen LogP contribution in [0.3, 0.4) is 0 Å². The lowest BCUT2D eigenvalue weighted by Crippen LogP contribution is -2.56. The summed E-state index contributed by atoms with van der Waals surface area (Å²) in [6.45, 7) is 7.01. The predicted molar refractivity (Wildman–Crippen MR) is 152 cm³/mol. The maximum Gasteiger partial charge on any atom is 0.313 e. The van der Waals surface area contributed by atoms with Gasteiger partial charge in [0.1, 0.15) is 23.2 Å². The number of carbonyl (C=O) groups excluding carboxylic acids is 3. The minimum atomic E-state index is -1.30. The van der Waals surface area contributed by atoms with Gasteiger partial charge in [-0.2, -0.15) is 0 Å². The molecule has 1 aromatic carbocycles. The van der Waals surface area contributed by atoms with Gasteiger partial charge in [-0.05, 0) is 69.9 Å². The summed E-state index contributed by atoms with van der Waals surface area (Å²) in [6, 6.07) is 5.03. The van der Waals surface area contributed by atoms with E-state index >= 15 is 0 Å². The second-order valence-electron chi connectivity index (χ2n) is 11.6. The van der Waals surface area contributed by atoms with Gasteiger partial charge in [-0.25, -0.2) is 0 Å². The van der Waals surface area contributed by atoms with Crippen LogP contribution in [0.25, 0.3) is 0 Å². The van der Waals surface area contributed by atoms with Gasteiger partial charge in [0, 0.05) is 25.4 Å². The van der Waals surface area contributed by atoms with Gasteiger partial charge in [0.2, 0.25) is 5.91 Å². The Morgan fingerprint density at radius 3 is 2.48 bits per heavy atom. The lowest BCUT2D eigenvalue weighted by molar-refractivity contribution is -0.160. The molecule has 1 N–H and O–H groups in total. The lowest BCUT2D eigenvalue weighted by Gasteiger charge is -2.39. The average molecular weight is 551 g/mol. The van der Waals surface area contributed by atoms with E-state index in [4.69, 9.17) is 9.47 Å². The third kappa shape index (κ3) is 4.59. The second kappa shape index (κ2) is 11.5. The molecule has 5 atom stereocenters. The van der Waals surface area contributed by atoms with Gasteiger partial charge in [-0.3, -0.25) is 14.4 Å². The summed E-state index contributed by atoms with van der Waals surface area (Å²) in [5, 5.41) is 9.30. The molecule has 2 amide bonds. The summed E-state index contributed by atoms with van der Waals surface area (Å²) >= 11 is 0. The lowest BCUT2D eigenvalue weighted by atomic mass is 9.73. The van der Waals surface area contributed by atoms with E-state index in [-0.39, 0.29) is 18.4 Å². The van der Waals surface area contributed by atoms with Crippen LogP contribution >= 0.6 is 0 Å².